The van der Waals surface area contributed by atoms with Gasteiger partial charge in [0.1, 0.15) is 11.9 Å². The predicted octanol–water partition coefficient (Wildman–Crippen LogP) is 2.50. The number of nitrogens with zero attached hydrogens (tertiary/aromatic N) is 1. The van der Waals surface area contributed by atoms with Crippen LogP contribution >= 0.6 is 0 Å². The number of hydrogen-bond acceptors (Lipinski definition) is 4. The molecule has 0 bridgehead atoms. The molecule has 0 aliphatic carbocycles. The molecule has 2 heterocycles. The van der Waals surface area contributed by atoms with Crippen molar-refractivity contribution >= 4 is 5.91 Å². The summed E-state index contributed by atoms with van der Waals surface area (Å²) in [7, 11) is 0. The number of aromatic nitrogens is 1. The SMILES string of the molecule is O=C(COc1ccccc1)N[C@H]1CCCO[C@@H]1c1ccncc1. The average Bonchev–Trinajstić information content (AvgIpc) is 2.62. The molecule has 1 amide bonds. The molecule has 1 saturated heterocycles. The van der Waals surface area contributed by atoms with Crippen molar-refractivity contribution in [1.29, 1.82) is 0 Å². The Morgan fingerprint density at radius 1 is 1.22 bits per heavy atom. The lowest BCUT2D eigenvalue weighted by Crippen LogP contribution is -2.44. The number of ether oxygens (including phenoxy) is 2. The fourth-order valence-corrected chi connectivity index (χ4v) is 2.72. The molecule has 23 heavy (non-hydrogen) atoms. The summed E-state index contributed by atoms with van der Waals surface area (Å²) in [5, 5.41) is 3.03. The highest BCUT2D eigenvalue weighted by molar-refractivity contribution is 5.78. The predicted molar refractivity (Wildman–Crippen MR) is 86.0 cm³/mol. The second-order valence-electron chi connectivity index (χ2n) is 5.49. The first-order valence-corrected chi connectivity index (χ1v) is 7.81. The van der Waals surface area contributed by atoms with E-state index in [0.717, 1.165) is 18.4 Å². The molecule has 0 unspecified atom stereocenters. The Kier molecular flexibility index (Phi) is 5.21. The summed E-state index contributed by atoms with van der Waals surface area (Å²) in [6.07, 6.45) is 5.18. The maximum atomic E-state index is 12.2. The van der Waals surface area contributed by atoms with Crippen LogP contribution in [-0.2, 0) is 9.53 Å². The van der Waals surface area contributed by atoms with Gasteiger partial charge < -0.3 is 14.8 Å². The van der Waals surface area contributed by atoms with Crippen molar-refractivity contribution < 1.29 is 14.3 Å². The number of hydrogen-bond donors (Lipinski definition) is 1. The van der Waals surface area contributed by atoms with Crippen LogP contribution in [-0.4, -0.2) is 30.1 Å². The summed E-state index contributed by atoms with van der Waals surface area (Å²) in [6, 6.07) is 13.1. The largest absolute Gasteiger partial charge is 0.484 e. The number of benzene rings is 1. The van der Waals surface area contributed by atoms with Gasteiger partial charge >= 0.3 is 0 Å². The topological polar surface area (TPSA) is 60.5 Å². The van der Waals surface area contributed by atoms with Crippen molar-refractivity contribution in [2.24, 2.45) is 0 Å². The van der Waals surface area contributed by atoms with Gasteiger partial charge in [0.25, 0.3) is 5.91 Å². The van der Waals surface area contributed by atoms with E-state index in [1.54, 1.807) is 12.4 Å². The smallest absolute Gasteiger partial charge is 0.258 e. The van der Waals surface area contributed by atoms with Gasteiger partial charge in [0.2, 0.25) is 0 Å². The fourth-order valence-electron chi connectivity index (χ4n) is 2.72. The summed E-state index contributed by atoms with van der Waals surface area (Å²) < 4.78 is 11.3. The van der Waals surface area contributed by atoms with Crippen molar-refractivity contribution in [3.63, 3.8) is 0 Å². The molecular formula is C18H20N2O3. The van der Waals surface area contributed by atoms with E-state index in [1.165, 1.54) is 0 Å². The highest BCUT2D eigenvalue weighted by Crippen LogP contribution is 2.27. The number of rotatable bonds is 5. The Labute approximate surface area is 135 Å². The molecule has 1 aromatic carbocycles. The number of para-hydroxylation sites is 1. The van der Waals surface area contributed by atoms with Crippen LogP contribution in [0.4, 0.5) is 0 Å². The van der Waals surface area contributed by atoms with E-state index in [0.29, 0.717) is 12.4 Å². The Bertz CT molecular complexity index is 619. The molecule has 3 rings (SSSR count). The van der Waals surface area contributed by atoms with Crippen molar-refractivity contribution in [2.75, 3.05) is 13.2 Å². The molecule has 0 radical (unpaired) electrons. The molecule has 5 nitrogen and oxygen atoms in total. The quantitative estimate of drug-likeness (QED) is 0.921. The number of nitrogens with one attached hydrogen (secondary N) is 1. The summed E-state index contributed by atoms with van der Waals surface area (Å²) in [5.41, 5.74) is 1.04. The minimum atomic E-state index is -0.136. The van der Waals surface area contributed by atoms with E-state index in [-0.39, 0.29) is 24.7 Å². The third-order valence-electron chi connectivity index (χ3n) is 3.82. The van der Waals surface area contributed by atoms with Gasteiger partial charge in [-0.05, 0) is 42.7 Å². The maximum Gasteiger partial charge on any atom is 0.258 e. The van der Waals surface area contributed by atoms with Gasteiger partial charge in [0.05, 0.1) is 6.04 Å². The number of carbonyl (C=O) groups is 1. The lowest BCUT2D eigenvalue weighted by atomic mass is 9.96. The molecule has 0 spiro atoms. The summed E-state index contributed by atoms with van der Waals surface area (Å²) in [6.45, 7) is 0.712. The standard InChI is InChI=1S/C18H20N2O3/c21-17(13-23-15-5-2-1-3-6-15)20-16-7-4-12-22-18(16)14-8-10-19-11-9-14/h1-3,5-6,8-11,16,18H,4,7,12-13H2,(H,20,21)/t16-,18+/m0/s1. The lowest BCUT2D eigenvalue weighted by Gasteiger charge is -2.32. The van der Waals surface area contributed by atoms with Gasteiger partial charge in [-0.1, -0.05) is 18.2 Å². The Balaban J connectivity index is 1.57. The second kappa shape index (κ2) is 7.74. The molecule has 120 valence electrons. The van der Waals surface area contributed by atoms with E-state index in [9.17, 15) is 4.79 Å². The fraction of sp³-hybridized carbons (Fsp3) is 0.333. The number of amides is 1. The monoisotopic (exact) mass is 312 g/mol. The Morgan fingerprint density at radius 2 is 2.00 bits per heavy atom. The zero-order valence-electron chi connectivity index (χ0n) is 12.9. The van der Waals surface area contributed by atoms with E-state index in [4.69, 9.17) is 9.47 Å². The molecular weight excluding hydrogens is 292 g/mol. The second-order valence-corrected chi connectivity index (χ2v) is 5.49. The van der Waals surface area contributed by atoms with E-state index in [1.807, 2.05) is 42.5 Å². The summed E-state index contributed by atoms with van der Waals surface area (Å²) in [5.74, 6) is 0.552. The molecule has 2 aromatic rings. The molecule has 0 saturated carbocycles. The van der Waals surface area contributed by atoms with Crippen LogP contribution in [0.15, 0.2) is 54.9 Å². The van der Waals surface area contributed by atoms with Crippen molar-refractivity contribution in [2.45, 2.75) is 25.0 Å². The Hall–Kier alpha value is -2.40. The number of pyridine rings is 1. The van der Waals surface area contributed by atoms with Crippen LogP contribution in [0.2, 0.25) is 0 Å². The highest BCUT2D eigenvalue weighted by Gasteiger charge is 2.28. The van der Waals surface area contributed by atoms with E-state index in [2.05, 4.69) is 10.3 Å². The van der Waals surface area contributed by atoms with Crippen LogP contribution in [0.3, 0.4) is 0 Å². The molecule has 1 N–H and O–H groups in total. The summed E-state index contributed by atoms with van der Waals surface area (Å²) >= 11 is 0. The molecule has 1 aliphatic heterocycles. The first-order chi connectivity index (χ1) is 11.3. The summed E-state index contributed by atoms with van der Waals surface area (Å²) in [4.78, 5) is 16.2. The molecule has 1 fully saturated rings. The first kappa shape index (κ1) is 15.5. The van der Waals surface area contributed by atoms with Crippen LogP contribution < -0.4 is 10.1 Å². The molecule has 1 aromatic heterocycles. The van der Waals surface area contributed by atoms with Crippen molar-refractivity contribution in [1.82, 2.24) is 10.3 Å². The van der Waals surface area contributed by atoms with Gasteiger partial charge in [-0.3, -0.25) is 9.78 Å². The zero-order chi connectivity index (χ0) is 15.9. The zero-order valence-corrected chi connectivity index (χ0v) is 12.9. The van der Waals surface area contributed by atoms with Crippen LogP contribution in [0, 0.1) is 0 Å². The molecule has 1 aliphatic rings. The maximum absolute atomic E-state index is 12.2. The number of carbonyl (C=O) groups excluding carboxylic acids is 1. The average molecular weight is 312 g/mol. The van der Waals surface area contributed by atoms with Gasteiger partial charge in [-0.2, -0.15) is 0 Å². The van der Waals surface area contributed by atoms with Gasteiger partial charge in [0.15, 0.2) is 6.61 Å². The van der Waals surface area contributed by atoms with E-state index < -0.39 is 0 Å². The van der Waals surface area contributed by atoms with Gasteiger partial charge in [-0.15, -0.1) is 0 Å². The normalized spacial score (nSPS) is 20.7. The first-order valence-electron chi connectivity index (χ1n) is 7.81. The highest BCUT2D eigenvalue weighted by atomic mass is 16.5. The van der Waals surface area contributed by atoms with Crippen LogP contribution in [0.25, 0.3) is 0 Å². The van der Waals surface area contributed by atoms with Crippen LogP contribution in [0.5, 0.6) is 5.75 Å². The third-order valence-corrected chi connectivity index (χ3v) is 3.82. The lowest BCUT2D eigenvalue weighted by molar-refractivity contribution is -0.126. The Morgan fingerprint density at radius 3 is 2.78 bits per heavy atom. The minimum absolute atomic E-state index is 0.00355. The van der Waals surface area contributed by atoms with Gasteiger partial charge in [0, 0.05) is 19.0 Å². The van der Waals surface area contributed by atoms with Crippen LogP contribution in [0.1, 0.15) is 24.5 Å². The van der Waals surface area contributed by atoms with E-state index >= 15 is 0 Å². The van der Waals surface area contributed by atoms with Crippen molar-refractivity contribution in [3.05, 3.63) is 60.4 Å². The molecule has 5 heteroatoms. The van der Waals surface area contributed by atoms with Crippen molar-refractivity contribution in [3.8, 4) is 5.75 Å². The third kappa shape index (κ3) is 4.29. The minimum Gasteiger partial charge on any atom is -0.484 e. The van der Waals surface area contributed by atoms with Gasteiger partial charge in [-0.25, -0.2) is 0 Å². The molecule has 2 atom stereocenters.